The van der Waals surface area contributed by atoms with Crippen LogP contribution in [0.1, 0.15) is 32.1 Å². The molecule has 0 rings (SSSR count). The number of halogens is 2. The van der Waals surface area contributed by atoms with Crippen molar-refractivity contribution >= 4 is 55.6 Å². The van der Waals surface area contributed by atoms with Gasteiger partial charge in [-0.15, -0.1) is 0 Å². The van der Waals surface area contributed by atoms with Crippen LogP contribution in [0.3, 0.4) is 0 Å². The first-order valence-corrected chi connectivity index (χ1v) is 10.4. The zero-order valence-corrected chi connectivity index (χ0v) is 19.2. The Bertz CT molecular complexity index is 496. The predicted octanol–water partition coefficient (Wildman–Crippen LogP) is 2.04. The lowest BCUT2D eigenvalue weighted by Gasteiger charge is -2.21. The maximum atomic E-state index is 11.9. The molecular weight excluding hydrogens is 488 g/mol. The molecule has 0 bridgehead atoms. The number of rotatable bonds is 12. The molecule has 10 heteroatoms. The second-order valence-corrected chi connectivity index (χ2v) is 9.08. The van der Waals surface area contributed by atoms with E-state index in [4.69, 9.17) is 0 Å². The zero-order chi connectivity index (χ0) is 21.3. The highest BCUT2D eigenvalue weighted by atomic mass is 79.9. The van der Waals surface area contributed by atoms with Crippen LogP contribution in [0.2, 0.25) is 0 Å². The van der Waals surface area contributed by atoms with Crippen molar-refractivity contribution in [3.05, 3.63) is 0 Å². The second-order valence-electron chi connectivity index (χ2n) is 6.87. The Labute approximate surface area is 176 Å². The van der Waals surface area contributed by atoms with Crippen molar-refractivity contribution in [3.63, 3.8) is 0 Å². The van der Waals surface area contributed by atoms with Gasteiger partial charge in [-0.1, -0.05) is 38.3 Å². The van der Waals surface area contributed by atoms with Gasteiger partial charge in [0.1, 0.15) is 0 Å². The van der Waals surface area contributed by atoms with Crippen LogP contribution in [0.4, 0.5) is 0 Å². The van der Waals surface area contributed by atoms with Crippen LogP contribution < -0.4 is 0 Å². The zero-order valence-electron chi connectivity index (χ0n) is 16.0. The molecule has 0 aromatic rings. The van der Waals surface area contributed by atoms with E-state index in [0.29, 0.717) is 6.42 Å². The summed E-state index contributed by atoms with van der Waals surface area (Å²) in [6.07, 6.45) is 1.15. The van der Waals surface area contributed by atoms with Crippen LogP contribution in [0.5, 0.6) is 0 Å². The van der Waals surface area contributed by atoms with E-state index in [9.17, 15) is 29.4 Å². The molecule has 156 valence electrons. The van der Waals surface area contributed by atoms with Gasteiger partial charge in [-0.05, 0) is 25.7 Å². The number of hydrogen-bond donors (Lipinski definition) is 2. The molecule has 0 fully saturated rings. The average Bonchev–Trinajstić information content (AvgIpc) is 2.57. The minimum Gasteiger partial charge on any atom is -0.481 e. The first-order chi connectivity index (χ1) is 12.4. The number of aliphatic carboxylic acids is 2. The Kier molecular flexibility index (Phi) is 11.8. The number of hydrogen-bond acceptors (Lipinski definition) is 4. The minimum atomic E-state index is -1.01. The summed E-state index contributed by atoms with van der Waals surface area (Å²) in [6.45, 7) is 0. The largest absolute Gasteiger partial charge is 0.481 e. The molecule has 0 saturated carbocycles. The number of carboxylic acid groups (broad SMARTS) is 2. The SMILES string of the molecule is CN(C)C(=O)C(Br)CC(CCCC(CC(Br)C(=O)N(C)C)C(=O)O)C(=O)O. The fourth-order valence-electron chi connectivity index (χ4n) is 2.56. The smallest absolute Gasteiger partial charge is 0.306 e. The van der Waals surface area contributed by atoms with Crippen molar-refractivity contribution in [1.82, 2.24) is 9.80 Å². The van der Waals surface area contributed by atoms with Crippen molar-refractivity contribution in [2.24, 2.45) is 11.8 Å². The Hall–Kier alpha value is -1.16. The summed E-state index contributed by atoms with van der Waals surface area (Å²) >= 11 is 6.44. The molecule has 0 aliphatic heterocycles. The van der Waals surface area contributed by atoms with Crippen LogP contribution in [0.15, 0.2) is 0 Å². The monoisotopic (exact) mass is 514 g/mol. The molecule has 27 heavy (non-hydrogen) atoms. The highest BCUT2D eigenvalue weighted by Gasteiger charge is 2.29. The molecule has 0 spiro atoms. The minimum absolute atomic E-state index is 0.129. The molecule has 0 heterocycles. The van der Waals surface area contributed by atoms with E-state index < -0.39 is 33.4 Å². The van der Waals surface area contributed by atoms with Gasteiger partial charge in [0.2, 0.25) is 11.8 Å². The van der Waals surface area contributed by atoms with E-state index in [1.807, 2.05) is 0 Å². The number of carbonyl (C=O) groups is 4. The van der Waals surface area contributed by atoms with Crippen LogP contribution in [-0.4, -0.2) is 81.6 Å². The molecule has 0 saturated heterocycles. The molecule has 0 aromatic carbocycles. The van der Waals surface area contributed by atoms with Gasteiger partial charge in [-0.2, -0.15) is 0 Å². The number of nitrogens with zero attached hydrogens (tertiary/aromatic N) is 2. The number of carboxylic acids is 2. The third kappa shape index (κ3) is 9.55. The fourth-order valence-corrected chi connectivity index (χ4v) is 4.28. The number of alkyl halides is 2. The highest BCUT2D eigenvalue weighted by Crippen LogP contribution is 2.25. The van der Waals surface area contributed by atoms with E-state index in [1.165, 1.54) is 9.80 Å². The fraction of sp³-hybridized carbons (Fsp3) is 0.765. The van der Waals surface area contributed by atoms with E-state index in [2.05, 4.69) is 31.9 Å². The maximum absolute atomic E-state index is 11.9. The molecule has 2 amide bonds. The predicted molar refractivity (Wildman–Crippen MR) is 108 cm³/mol. The summed E-state index contributed by atoms with van der Waals surface area (Å²) in [5.74, 6) is -3.96. The Balaban J connectivity index is 4.73. The van der Waals surface area contributed by atoms with Crippen LogP contribution >= 0.6 is 31.9 Å². The van der Waals surface area contributed by atoms with Crippen LogP contribution in [0, 0.1) is 11.8 Å². The quantitative estimate of drug-likeness (QED) is 0.384. The molecule has 2 N–H and O–H groups in total. The van der Waals surface area contributed by atoms with Crippen molar-refractivity contribution in [3.8, 4) is 0 Å². The van der Waals surface area contributed by atoms with Crippen molar-refractivity contribution < 1.29 is 29.4 Å². The van der Waals surface area contributed by atoms with E-state index in [1.54, 1.807) is 28.2 Å². The summed E-state index contributed by atoms with van der Waals surface area (Å²) in [6, 6.07) is 0. The van der Waals surface area contributed by atoms with Crippen molar-refractivity contribution in [2.75, 3.05) is 28.2 Å². The van der Waals surface area contributed by atoms with Gasteiger partial charge in [0.15, 0.2) is 0 Å². The van der Waals surface area contributed by atoms with E-state index in [-0.39, 0.29) is 37.5 Å². The molecule has 0 aromatic heterocycles. The molecule has 4 unspecified atom stereocenters. The summed E-state index contributed by atoms with van der Waals surface area (Å²) in [5, 5.41) is 18.8. The standard InChI is InChI=1S/C17H28Br2N2O6/c1-20(2)14(22)12(18)8-10(16(24)25)6-5-7-11(17(26)27)9-13(19)15(23)21(3)4/h10-13H,5-9H2,1-4H3,(H,24,25)(H,26,27). The number of carbonyl (C=O) groups excluding carboxylic acids is 2. The average molecular weight is 516 g/mol. The second kappa shape index (κ2) is 12.3. The highest BCUT2D eigenvalue weighted by molar-refractivity contribution is 9.10. The topological polar surface area (TPSA) is 115 Å². The normalized spacial score (nSPS) is 15.3. The third-order valence-electron chi connectivity index (χ3n) is 4.20. The van der Waals surface area contributed by atoms with Gasteiger partial charge in [-0.25, -0.2) is 0 Å². The molecular formula is C17H28Br2N2O6. The summed E-state index contributed by atoms with van der Waals surface area (Å²) in [5.41, 5.74) is 0. The van der Waals surface area contributed by atoms with Crippen molar-refractivity contribution in [1.29, 1.82) is 0 Å². The lowest BCUT2D eigenvalue weighted by atomic mass is 9.91. The summed E-state index contributed by atoms with van der Waals surface area (Å²) < 4.78 is 0. The molecule has 0 aliphatic rings. The van der Waals surface area contributed by atoms with Gasteiger partial charge < -0.3 is 20.0 Å². The molecule has 0 radical (unpaired) electrons. The van der Waals surface area contributed by atoms with Crippen LogP contribution in [-0.2, 0) is 19.2 Å². The van der Waals surface area contributed by atoms with Gasteiger partial charge in [0.25, 0.3) is 0 Å². The van der Waals surface area contributed by atoms with Gasteiger partial charge in [0, 0.05) is 28.2 Å². The lowest BCUT2D eigenvalue weighted by Crippen LogP contribution is -2.33. The maximum Gasteiger partial charge on any atom is 0.306 e. The summed E-state index contributed by atoms with van der Waals surface area (Å²) in [7, 11) is 6.37. The molecule has 0 aliphatic carbocycles. The molecule has 8 nitrogen and oxygen atoms in total. The first kappa shape index (κ1) is 25.8. The van der Waals surface area contributed by atoms with Crippen LogP contribution in [0.25, 0.3) is 0 Å². The third-order valence-corrected chi connectivity index (χ3v) is 5.74. The first-order valence-electron chi connectivity index (χ1n) is 8.54. The number of amides is 2. The molecule has 4 atom stereocenters. The Morgan fingerprint density at radius 3 is 1.26 bits per heavy atom. The van der Waals surface area contributed by atoms with Gasteiger partial charge in [-0.3, -0.25) is 19.2 Å². The van der Waals surface area contributed by atoms with Gasteiger partial charge >= 0.3 is 11.9 Å². The Morgan fingerprint density at radius 2 is 1.04 bits per heavy atom. The van der Waals surface area contributed by atoms with E-state index >= 15 is 0 Å². The lowest BCUT2D eigenvalue weighted by molar-refractivity contribution is -0.142. The van der Waals surface area contributed by atoms with Crippen molar-refractivity contribution in [2.45, 2.75) is 41.8 Å². The van der Waals surface area contributed by atoms with E-state index in [0.717, 1.165) is 0 Å². The Morgan fingerprint density at radius 1 is 0.741 bits per heavy atom. The summed E-state index contributed by atoms with van der Waals surface area (Å²) in [4.78, 5) is 48.2. The van der Waals surface area contributed by atoms with Gasteiger partial charge in [0.05, 0.1) is 21.5 Å².